The van der Waals surface area contributed by atoms with Gasteiger partial charge in [-0.1, -0.05) is 0 Å². The molecule has 0 aliphatic carbocycles. The van der Waals surface area contributed by atoms with Crippen LogP contribution in [0, 0.1) is 0 Å². The van der Waals surface area contributed by atoms with Crippen LogP contribution in [0.25, 0.3) is 0 Å². The van der Waals surface area contributed by atoms with Gasteiger partial charge in [0.2, 0.25) is 5.91 Å². The number of amides is 1. The molecule has 1 aromatic heterocycles. The second-order valence-electron chi connectivity index (χ2n) is 6.09. The highest BCUT2D eigenvalue weighted by molar-refractivity contribution is 7.10. The molecule has 24 heavy (non-hydrogen) atoms. The van der Waals surface area contributed by atoms with E-state index in [1.165, 1.54) is 10.4 Å². The van der Waals surface area contributed by atoms with E-state index in [4.69, 9.17) is 9.47 Å². The van der Waals surface area contributed by atoms with Gasteiger partial charge < -0.3 is 14.8 Å². The minimum Gasteiger partial charge on any atom is -0.490 e. The van der Waals surface area contributed by atoms with Crippen LogP contribution in [0.5, 0.6) is 11.5 Å². The van der Waals surface area contributed by atoms with Crippen LogP contribution in [0.15, 0.2) is 29.6 Å². The minimum atomic E-state index is 0.00294. The lowest BCUT2D eigenvalue weighted by Gasteiger charge is -2.26. The van der Waals surface area contributed by atoms with Gasteiger partial charge in [0.15, 0.2) is 11.5 Å². The van der Waals surface area contributed by atoms with E-state index >= 15 is 0 Å². The Morgan fingerprint density at radius 3 is 3.00 bits per heavy atom. The van der Waals surface area contributed by atoms with E-state index in [9.17, 15) is 4.79 Å². The van der Waals surface area contributed by atoms with Crippen LogP contribution in [-0.4, -0.2) is 37.1 Å². The summed E-state index contributed by atoms with van der Waals surface area (Å²) < 4.78 is 11.3. The quantitative estimate of drug-likeness (QED) is 0.930. The van der Waals surface area contributed by atoms with Crippen molar-refractivity contribution in [3.05, 3.63) is 40.1 Å². The highest BCUT2D eigenvalue weighted by Gasteiger charge is 2.19. The average Bonchev–Trinajstić information content (AvgIpc) is 2.91. The van der Waals surface area contributed by atoms with Crippen molar-refractivity contribution in [1.29, 1.82) is 0 Å². The molecule has 1 amide bonds. The first-order valence-corrected chi connectivity index (χ1v) is 9.13. The van der Waals surface area contributed by atoms with Crippen LogP contribution < -0.4 is 14.8 Å². The molecule has 2 aliphatic heterocycles. The van der Waals surface area contributed by atoms with Crippen LogP contribution >= 0.6 is 11.3 Å². The predicted molar refractivity (Wildman–Crippen MR) is 94.0 cm³/mol. The molecule has 3 heterocycles. The lowest BCUT2D eigenvalue weighted by atomic mass is 10.1. The molecule has 5 nitrogen and oxygen atoms in total. The number of anilines is 1. The van der Waals surface area contributed by atoms with Crippen LogP contribution in [0.2, 0.25) is 0 Å². The molecule has 0 unspecified atom stereocenters. The van der Waals surface area contributed by atoms with Gasteiger partial charge in [0.05, 0.1) is 19.8 Å². The van der Waals surface area contributed by atoms with Crippen molar-refractivity contribution in [2.45, 2.75) is 19.4 Å². The van der Waals surface area contributed by atoms with E-state index in [1.807, 2.05) is 29.5 Å². The summed E-state index contributed by atoms with van der Waals surface area (Å²) in [4.78, 5) is 16.0. The lowest BCUT2D eigenvalue weighted by Crippen LogP contribution is -2.36. The molecule has 0 spiro atoms. The Bertz CT molecular complexity index is 744. The number of hydrogen-bond acceptors (Lipinski definition) is 5. The van der Waals surface area contributed by atoms with E-state index in [0.717, 1.165) is 37.4 Å². The van der Waals surface area contributed by atoms with Gasteiger partial charge in [-0.05, 0) is 35.6 Å². The third kappa shape index (κ3) is 3.39. The molecular weight excluding hydrogens is 324 g/mol. The van der Waals surface area contributed by atoms with Gasteiger partial charge in [-0.25, -0.2) is 0 Å². The zero-order chi connectivity index (χ0) is 16.4. The van der Waals surface area contributed by atoms with E-state index in [2.05, 4.69) is 21.7 Å². The fourth-order valence-corrected chi connectivity index (χ4v) is 3.98. The van der Waals surface area contributed by atoms with E-state index < -0.39 is 0 Å². The molecular formula is C18H20N2O3S. The fraction of sp³-hybridized carbons (Fsp3) is 0.389. The highest BCUT2D eigenvalue weighted by Crippen LogP contribution is 2.32. The largest absolute Gasteiger partial charge is 0.490 e. The van der Waals surface area contributed by atoms with Crippen molar-refractivity contribution in [3.8, 4) is 11.5 Å². The van der Waals surface area contributed by atoms with Crippen molar-refractivity contribution < 1.29 is 14.3 Å². The molecule has 2 aliphatic rings. The fourth-order valence-electron chi connectivity index (χ4n) is 3.09. The number of nitrogens with one attached hydrogen (secondary N) is 1. The van der Waals surface area contributed by atoms with Crippen LogP contribution in [-0.2, 0) is 17.8 Å². The normalized spacial score (nSPS) is 17.0. The molecule has 1 aromatic carbocycles. The molecule has 0 radical (unpaired) electrons. The van der Waals surface area contributed by atoms with Gasteiger partial charge in [0.1, 0.15) is 0 Å². The number of fused-ring (bicyclic) bond motifs is 2. The highest BCUT2D eigenvalue weighted by atomic mass is 32.1. The summed E-state index contributed by atoms with van der Waals surface area (Å²) in [5.41, 5.74) is 2.10. The smallest absolute Gasteiger partial charge is 0.238 e. The minimum absolute atomic E-state index is 0.00294. The molecule has 0 atom stereocenters. The predicted octanol–water partition coefficient (Wildman–Crippen LogP) is 2.91. The molecule has 4 rings (SSSR count). The maximum Gasteiger partial charge on any atom is 0.238 e. The van der Waals surface area contributed by atoms with Gasteiger partial charge in [0, 0.05) is 36.1 Å². The third-order valence-corrected chi connectivity index (χ3v) is 5.31. The van der Waals surface area contributed by atoms with Gasteiger partial charge >= 0.3 is 0 Å². The molecule has 0 saturated carbocycles. The second kappa shape index (κ2) is 6.83. The number of thiophene rings is 1. The van der Waals surface area contributed by atoms with Crippen molar-refractivity contribution >= 4 is 22.9 Å². The maximum atomic E-state index is 12.3. The van der Waals surface area contributed by atoms with Gasteiger partial charge in [-0.15, -0.1) is 11.3 Å². The molecule has 1 N–H and O–H groups in total. The van der Waals surface area contributed by atoms with E-state index in [-0.39, 0.29) is 5.91 Å². The summed E-state index contributed by atoms with van der Waals surface area (Å²) >= 11 is 1.81. The first-order chi connectivity index (χ1) is 11.8. The Morgan fingerprint density at radius 2 is 2.08 bits per heavy atom. The monoisotopic (exact) mass is 344 g/mol. The molecule has 0 bridgehead atoms. The van der Waals surface area contributed by atoms with Crippen molar-refractivity contribution in [2.24, 2.45) is 0 Å². The first kappa shape index (κ1) is 15.5. The van der Waals surface area contributed by atoms with E-state index in [0.29, 0.717) is 25.5 Å². The third-order valence-electron chi connectivity index (χ3n) is 4.29. The Kier molecular flexibility index (Phi) is 4.40. The summed E-state index contributed by atoms with van der Waals surface area (Å²) in [5, 5.41) is 5.09. The zero-order valence-corrected chi connectivity index (χ0v) is 14.2. The maximum absolute atomic E-state index is 12.3. The summed E-state index contributed by atoms with van der Waals surface area (Å²) in [5.74, 6) is 1.45. The Balaban J connectivity index is 1.37. The van der Waals surface area contributed by atoms with Crippen LogP contribution in [0.3, 0.4) is 0 Å². The number of hydrogen-bond donors (Lipinski definition) is 1. The van der Waals surface area contributed by atoms with Crippen molar-refractivity contribution in [1.82, 2.24) is 4.90 Å². The number of nitrogens with zero attached hydrogens (tertiary/aromatic N) is 1. The molecule has 0 saturated heterocycles. The second-order valence-corrected chi connectivity index (χ2v) is 7.09. The Labute approximate surface area is 145 Å². The van der Waals surface area contributed by atoms with Gasteiger partial charge in [0.25, 0.3) is 0 Å². The first-order valence-electron chi connectivity index (χ1n) is 8.25. The molecule has 126 valence electrons. The van der Waals surface area contributed by atoms with Gasteiger partial charge in [-0.3, -0.25) is 9.69 Å². The van der Waals surface area contributed by atoms with Crippen LogP contribution in [0.1, 0.15) is 16.9 Å². The summed E-state index contributed by atoms with van der Waals surface area (Å²) in [6.45, 7) is 3.50. The molecule has 6 heteroatoms. The summed E-state index contributed by atoms with van der Waals surface area (Å²) in [7, 11) is 0. The lowest BCUT2D eigenvalue weighted by molar-refractivity contribution is -0.117. The van der Waals surface area contributed by atoms with Crippen molar-refractivity contribution in [2.75, 3.05) is 31.6 Å². The SMILES string of the molecule is O=C(CN1CCc2sccc2C1)Nc1ccc2c(c1)OCCCO2. The van der Waals surface area contributed by atoms with E-state index in [1.54, 1.807) is 0 Å². The standard InChI is InChI=1S/C18H20N2O3S/c21-18(12-20-6-4-17-13(11-20)5-9-24-17)19-14-2-3-15-16(10-14)23-8-1-7-22-15/h2-3,5,9-10H,1,4,6-8,11-12H2,(H,19,21). The number of carbonyl (C=O) groups is 1. The zero-order valence-electron chi connectivity index (χ0n) is 13.4. The summed E-state index contributed by atoms with van der Waals surface area (Å²) in [6.07, 6.45) is 1.90. The number of rotatable bonds is 3. The number of ether oxygens (including phenoxy) is 2. The Hall–Kier alpha value is -2.05. The van der Waals surface area contributed by atoms with Crippen molar-refractivity contribution in [3.63, 3.8) is 0 Å². The van der Waals surface area contributed by atoms with Gasteiger partial charge in [-0.2, -0.15) is 0 Å². The molecule has 2 aromatic rings. The number of benzene rings is 1. The Morgan fingerprint density at radius 1 is 1.21 bits per heavy atom. The summed E-state index contributed by atoms with van der Waals surface area (Å²) in [6, 6.07) is 7.72. The average molecular weight is 344 g/mol. The molecule has 0 fully saturated rings. The number of carbonyl (C=O) groups excluding carboxylic acids is 1. The topological polar surface area (TPSA) is 50.8 Å². The van der Waals surface area contributed by atoms with Crippen LogP contribution in [0.4, 0.5) is 5.69 Å².